The maximum Gasteiger partial charge on any atom is 0.278 e. The first-order valence-electron chi connectivity index (χ1n) is 9.59. The van der Waals surface area contributed by atoms with Gasteiger partial charge in [-0.2, -0.15) is 0 Å². The van der Waals surface area contributed by atoms with Crippen LogP contribution >= 0.6 is 0 Å². The van der Waals surface area contributed by atoms with Gasteiger partial charge in [0.25, 0.3) is 17.5 Å². The molecule has 0 spiro atoms. The summed E-state index contributed by atoms with van der Waals surface area (Å²) in [6.45, 7) is 2.41. The topological polar surface area (TPSA) is 83.8 Å². The Morgan fingerprint density at radius 1 is 0.966 bits per heavy atom. The molecule has 3 rings (SSSR count). The number of rotatable bonds is 8. The van der Waals surface area contributed by atoms with Crippen LogP contribution in [0.25, 0.3) is 5.57 Å². The highest BCUT2D eigenvalue weighted by atomic mass is 16.6. The number of para-hydroxylation sites is 1. The molecular weight excluding hydrogens is 370 g/mol. The van der Waals surface area contributed by atoms with Crippen LogP contribution in [-0.4, -0.2) is 35.2 Å². The van der Waals surface area contributed by atoms with Gasteiger partial charge in [0.1, 0.15) is 5.70 Å². The van der Waals surface area contributed by atoms with E-state index in [9.17, 15) is 19.7 Å². The number of hydrogen-bond donors (Lipinski definition) is 0. The molecule has 0 atom stereocenters. The maximum atomic E-state index is 13.2. The van der Waals surface area contributed by atoms with Crippen molar-refractivity contribution in [3.63, 3.8) is 0 Å². The first-order valence-corrected chi connectivity index (χ1v) is 9.59. The Morgan fingerprint density at radius 3 is 2.21 bits per heavy atom. The third-order valence-electron chi connectivity index (χ3n) is 4.97. The average molecular weight is 393 g/mol. The van der Waals surface area contributed by atoms with Crippen LogP contribution in [0.15, 0.2) is 60.3 Å². The lowest BCUT2D eigenvalue weighted by Crippen LogP contribution is -2.35. The summed E-state index contributed by atoms with van der Waals surface area (Å²) in [5, 5.41) is 11.0. The molecule has 2 aromatic rings. The van der Waals surface area contributed by atoms with E-state index in [1.54, 1.807) is 11.9 Å². The third-order valence-corrected chi connectivity index (χ3v) is 4.97. The Hall–Kier alpha value is -3.48. The number of nitro groups is 1. The van der Waals surface area contributed by atoms with E-state index >= 15 is 0 Å². The van der Waals surface area contributed by atoms with Crippen molar-refractivity contribution in [2.45, 2.75) is 26.2 Å². The minimum atomic E-state index is -0.492. The molecule has 150 valence electrons. The van der Waals surface area contributed by atoms with Gasteiger partial charge in [-0.3, -0.25) is 24.6 Å². The molecule has 7 nitrogen and oxygen atoms in total. The fraction of sp³-hybridized carbons (Fsp3) is 0.273. The molecule has 1 aliphatic rings. The summed E-state index contributed by atoms with van der Waals surface area (Å²) < 4.78 is 0. The number of anilines is 1. The van der Waals surface area contributed by atoms with Crippen LogP contribution in [0.2, 0.25) is 0 Å². The minimum absolute atomic E-state index is 0.0658. The summed E-state index contributed by atoms with van der Waals surface area (Å²) in [4.78, 5) is 39.8. The molecule has 0 saturated heterocycles. The predicted molar refractivity (Wildman–Crippen MR) is 111 cm³/mol. The van der Waals surface area contributed by atoms with E-state index in [2.05, 4.69) is 6.92 Å². The first-order chi connectivity index (χ1) is 14.0. The van der Waals surface area contributed by atoms with Gasteiger partial charge in [-0.25, -0.2) is 0 Å². The quantitative estimate of drug-likeness (QED) is 0.293. The molecule has 2 amide bonds. The number of likely N-dealkylation sites (N-methyl/N-ethyl adjacent to an activating group) is 1. The summed E-state index contributed by atoms with van der Waals surface area (Å²) in [5.41, 5.74) is 1.76. The average Bonchev–Trinajstić information content (AvgIpc) is 2.98. The Kier molecular flexibility index (Phi) is 6.07. The Morgan fingerprint density at radius 2 is 1.62 bits per heavy atom. The highest BCUT2D eigenvalue weighted by Gasteiger charge is 2.40. The minimum Gasteiger partial charge on any atom is -0.339 e. The molecule has 1 heterocycles. The molecule has 0 aromatic heterocycles. The number of carbonyl (C=O) groups excluding carboxylic acids is 2. The van der Waals surface area contributed by atoms with Crippen molar-refractivity contribution in [2.75, 3.05) is 18.5 Å². The van der Waals surface area contributed by atoms with Gasteiger partial charge < -0.3 is 4.90 Å². The van der Waals surface area contributed by atoms with Gasteiger partial charge in [0.2, 0.25) is 0 Å². The van der Waals surface area contributed by atoms with Crippen molar-refractivity contribution >= 4 is 28.8 Å². The van der Waals surface area contributed by atoms with Crippen LogP contribution < -0.4 is 4.90 Å². The van der Waals surface area contributed by atoms with E-state index in [-0.39, 0.29) is 28.8 Å². The van der Waals surface area contributed by atoms with Crippen molar-refractivity contribution in [2.24, 2.45) is 0 Å². The van der Waals surface area contributed by atoms with Crippen LogP contribution in [0.5, 0.6) is 0 Å². The van der Waals surface area contributed by atoms with E-state index < -0.39 is 4.92 Å². The number of imide groups is 1. The van der Waals surface area contributed by atoms with Crippen LogP contribution in [0.1, 0.15) is 31.7 Å². The molecule has 0 aliphatic carbocycles. The molecular formula is C22H23N3O4. The Balaban J connectivity index is 2.05. The molecule has 0 radical (unpaired) electrons. The second-order valence-electron chi connectivity index (χ2n) is 6.89. The molecule has 7 heteroatoms. The smallest absolute Gasteiger partial charge is 0.278 e. The SMILES string of the molecule is CCCCCN1C(=O)C(c2ccc([N+](=O)[O-])cc2)=C(N(C)c2ccccc2)C1=O. The van der Waals surface area contributed by atoms with Gasteiger partial charge in [-0.15, -0.1) is 0 Å². The lowest BCUT2D eigenvalue weighted by molar-refractivity contribution is -0.384. The van der Waals surface area contributed by atoms with E-state index in [4.69, 9.17) is 0 Å². The second kappa shape index (κ2) is 8.68. The fourth-order valence-corrected chi connectivity index (χ4v) is 3.39. The van der Waals surface area contributed by atoms with E-state index in [1.165, 1.54) is 29.2 Å². The summed E-state index contributed by atoms with van der Waals surface area (Å²) in [5.74, 6) is -0.705. The van der Waals surface area contributed by atoms with Crippen LogP contribution in [0, 0.1) is 10.1 Å². The normalized spacial score (nSPS) is 13.9. The van der Waals surface area contributed by atoms with Gasteiger partial charge in [0, 0.05) is 31.4 Å². The van der Waals surface area contributed by atoms with Crippen LogP contribution in [-0.2, 0) is 9.59 Å². The summed E-state index contributed by atoms with van der Waals surface area (Å²) in [7, 11) is 1.75. The van der Waals surface area contributed by atoms with Gasteiger partial charge in [-0.1, -0.05) is 38.0 Å². The summed E-state index contributed by atoms with van der Waals surface area (Å²) in [6, 6.07) is 15.0. The molecule has 2 aromatic carbocycles. The van der Waals surface area contributed by atoms with Crippen LogP contribution in [0.3, 0.4) is 0 Å². The Bertz CT molecular complexity index is 952. The number of amides is 2. The third kappa shape index (κ3) is 4.03. The Labute approximate surface area is 169 Å². The molecule has 29 heavy (non-hydrogen) atoms. The lowest BCUT2D eigenvalue weighted by Gasteiger charge is -2.21. The second-order valence-corrected chi connectivity index (χ2v) is 6.89. The molecule has 0 unspecified atom stereocenters. The van der Waals surface area contributed by atoms with Crippen molar-refractivity contribution in [1.82, 2.24) is 4.90 Å². The van der Waals surface area contributed by atoms with Crippen molar-refractivity contribution in [3.8, 4) is 0 Å². The monoisotopic (exact) mass is 393 g/mol. The zero-order valence-electron chi connectivity index (χ0n) is 16.5. The van der Waals surface area contributed by atoms with Crippen molar-refractivity contribution < 1.29 is 14.5 Å². The highest BCUT2D eigenvalue weighted by Crippen LogP contribution is 2.34. The largest absolute Gasteiger partial charge is 0.339 e. The van der Waals surface area contributed by atoms with Crippen LogP contribution in [0.4, 0.5) is 11.4 Å². The number of carbonyl (C=O) groups is 2. The molecule has 0 N–H and O–H groups in total. The van der Waals surface area contributed by atoms with Crippen molar-refractivity contribution in [3.05, 3.63) is 76.0 Å². The van der Waals surface area contributed by atoms with Gasteiger partial charge in [0.05, 0.1) is 10.5 Å². The number of non-ortho nitro benzene ring substituents is 1. The molecule has 1 aliphatic heterocycles. The fourth-order valence-electron chi connectivity index (χ4n) is 3.39. The van der Waals surface area contributed by atoms with Crippen molar-refractivity contribution in [1.29, 1.82) is 0 Å². The van der Waals surface area contributed by atoms with Gasteiger partial charge >= 0.3 is 0 Å². The molecule has 0 bridgehead atoms. The number of hydrogen-bond acceptors (Lipinski definition) is 5. The van der Waals surface area contributed by atoms with E-state index in [1.807, 2.05) is 30.3 Å². The summed E-state index contributed by atoms with van der Waals surface area (Å²) in [6.07, 6.45) is 2.65. The highest BCUT2D eigenvalue weighted by molar-refractivity contribution is 6.36. The predicted octanol–water partition coefficient (Wildman–Crippen LogP) is 4.00. The first kappa shape index (κ1) is 20.3. The number of nitro benzene ring substituents is 1. The summed E-state index contributed by atoms with van der Waals surface area (Å²) >= 11 is 0. The molecule has 0 fully saturated rings. The number of benzene rings is 2. The van der Waals surface area contributed by atoms with Gasteiger partial charge in [0.15, 0.2) is 0 Å². The van der Waals surface area contributed by atoms with Gasteiger partial charge in [-0.05, 0) is 36.2 Å². The van der Waals surface area contributed by atoms with E-state index in [0.29, 0.717) is 12.1 Å². The standard InChI is InChI=1S/C22H23N3O4/c1-3-4-8-15-24-21(26)19(16-11-13-18(14-12-16)25(28)29)20(22(24)27)23(2)17-9-6-5-7-10-17/h5-7,9-14H,3-4,8,15H2,1-2H3. The number of unbranched alkanes of at least 4 members (excludes halogenated alkanes) is 2. The van der Waals surface area contributed by atoms with E-state index in [0.717, 1.165) is 24.9 Å². The number of nitrogens with zero attached hydrogens (tertiary/aromatic N) is 3. The zero-order chi connectivity index (χ0) is 21.0. The zero-order valence-corrected chi connectivity index (χ0v) is 16.5. The lowest BCUT2D eigenvalue weighted by atomic mass is 10.0. The maximum absolute atomic E-state index is 13.2. The molecule has 0 saturated carbocycles.